The summed E-state index contributed by atoms with van der Waals surface area (Å²) in [5, 5.41) is 37.6. The van der Waals surface area contributed by atoms with Crippen molar-refractivity contribution >= 4 is 69.1 Å². The van der Waals surface area contributed by atoms with Gasteiger partial charge in [0.1, 0.15) is 47.1 Å². The van der Waals surface area contributed by atoms with Crippen LogP contribution >= 0.6 is 0 Å². The number of aromatic nitrogens is 8. The van der Waals surface area contributed by atoms with Gasteiger partial charge in [0, 0.05) is 102 Å². The summed E-state index contributed by atoms with van der Waals surface area (Å²) in [6, 6.07) is 3.55. The monoisotopic (exact) mass is 1760 g/mol. The van der Waals surface area contributed by atoms with Gasteiger partial charge in [-0.05, 0) is 151 Å². The lowest BCUT2D eigenvalue weighted by molar-refractivity contribution is -0.265. The third-order valence-electron chi connectivity index (χ3n) is 24.5. The molecule has 3 saturated heterocycles. The van der Waals surface area contributed by atoms with E-state index >= 15 is 0 Å². The number of amides is 2. The van der Waals surface area contributed by atoms with Gasteiger partial charge in [-0.15, -0.1) is 5.10 Å². The molecule has 4 aliphatic heterocycles. The number of aryl methyl sites for hydroxylation is 1. The summed E-state index contributed by atoms with van der Waals surface area (Å²) in [6.07, 6.45) is 19.2. The maximum absolute atomic E-state index is 14.7. The molecule has 35 heteroatoms. The van der Waals surface area contributed by atoms with E-state index in [1.165, 1.54) is 11.2 Å². The summed E-state index contributed by atoms with van der Waals surface area (Å²) >= 11 is 0. The Hall–Kier alpha value is -8.24. The maximum Gasteiger partial charge on any atom is 0.329 e. The summed E-state index contributed by atoms with van der Waals surface area (Å²) in [5.41, 5.74) is 24.6. The highest BCUT2D eigenvalue weighted by Gasteiger charge is 2.53. The molecule has 2 amide bonds. The molecular weight excluding hydrogens is 1630 g/mol. The zero-order chi connectivity index (χ0) is 89.9. The third kappa shape index (κ3) is 30.4. The number of carbonyl (C=O) groups excluding carboxylic acids is 6. The third-order valence-corrected chi connectivity index (χ3v) is 24.5. The number of allylic oxidation sites excluding steroid dienone is 6. The molecule has 0 spiro atoms. The molecule has 8 N–H and O–H groups in total. The fraction of sp³-hybridized carbons (Fsp3) is 0.692. The zero-order valence-electron chi connectivity index (χ0n) is 75.0. The number of ether oxygens (including phenoxy) is 13. The Morgan fingerprint density at radius 1 is 0.706 bits per heavy atom. The molecule has 15 atom stereocenters. The minimum absolute atomic E-state index is 0.00299. The Kier molecular flexibility index (Phi) is 41.1. The van der Waals surface area contributed by atoms with E-state index in [1.54, 1.807) is 51.8 Å². The highest BCUT2D eigenvalue weighted by Crippen LogP contribution is 2.39. The molecule has 1 unspecified atom stereocenters. The normalized spacial score (nSPS) is 26.7. The first-order valence-electron chi connectivity index (χ1n) is 45.1. The number of methoxy groups -OCH3 is 2. The lowest BCUT2D eigenvalue weighted by atomic mass is 9.80. The number of unbranched alkanes of at least 4 members (excludes halogenated alkanes) is 1. The number of hydrogen-bond acceptors (Lipinski definition) is 31. The number of nitrogens with zero attached hydrogens (tertiary/aromatic N) is 10. The second-order valence-corrected chi connectivity index (χ2v) is 34.1. The Bertz CT molecular complexity index is 4360. The molecule has 10 rings (SSSR count). The molecular formula is C91H137N13O22. The van der Waals surface area contributed by atoms with Gasteiger partial charge < -0.3 is 103 Å². The highest BCUT2D eigenvalue weighted by atomic mass is 16.6. The van der Waals surface area contributed by atoms with Crippen LogP contribution in [0.1, 0.15) is 156 Å². The van der Waals surface area contributed by atoms with Gasteiger partial charge >= 0.3 is 5.97 Å². The number of benzene rings is 1. The standard InChI is InChI=1S/C91H137N13O22/c1-60-16-10-9-11-17-61(2)79(113-7)53-70-23-20-65(6)91(112,126-70)85(109)88(110)103-28-14-12-19-73(103)89(111)124-80(55-76(107)64(5)49-63(4)75(106)54-74(105)62(3)48-60)71(92)50-66-21-24-78(81(51-66)114-8)123-31-15-13-18-69-58-102(100-98-69)30-33-116-35-37-118-39-41-120-43-45-122-47-46-121-44-42-119-40-38-117-36-34-115-32-27-82(108)101-29-26-67(56-101)57-104-87-83(86(93)95-59-96-87)84(99-104)68-22-25-77-72(52-68)97-90(94)125-77/h9-11,16-17,22,25,49,52,58-60,62,64-67,70-71,73,75,78-81,106,112H,12-15,18-21,23-24,26-48,50-51,53-57,92H2,1-8H3,(H2,94,97)(H2,93,95,96)/b11-9?,16-10+,61-17?,63-49+/t60-,62-,64-,65-,66+,67?,70+,71-,73+,75+,78-,79+,80+,81-,91-/m1/s1. The number of hydrogen-bond donors (Lipinski definition) is 5. The molecule has 35 nitrogen and oxygen atoms in total. The Morgan fingerprint density at radius 3 is 2.09 bits per heavy atom. The molecule has 5 aromatic rings. The molecule has 4 aromatic heterocycles. The number of oxazole rings is 1. The van der Waals surface area contributed by atoms with Crippen LogP contribution in [0.5, 0.6) is 0 Å². The number of nitrogens with two attached hydrogens (primary N) is 3. The van der Waals surface area contributed by atoms with Crippen LogP contribution < -0.4 is 17.2 Å². The summed E-state index contributed by atoms with van der Waals surface area (Å²) in [6.45, 7) is 20.4. The van der Waals surface area contributed by atoms with Crippen LogP contribution in [0.4, 0.5) is 11.8 Å². The Morgan fingerprint density at radius 2 is 1.40 bits per heavy atom. The molecule has 1 aromatic carbocycles. The molecule has 1 aliphatic carbocycles. The number of aliphatic hydroxyl groups is 2. The molecule has 1 saturated carbocycles. The SMILES string of the molecule is CO[C@H]1C[C@@H]2CC[C@@H](C)[C@@](O)(O2)C(=O)C(=O)N2CCCC[C@H]2C(=O)O[C@H]([C@H](N)C[C@@H]2CC[C@@H](OCCCCc3cn(CCOCCOCCOCCOCCOCCOCCOCCOCCC(=O)N4CCC(Cn5nc(-c6ccc7oc(N)nc7c6)c6c(N)ncnc65)C4)nn3)[C@H](OC)C2)CC(=O)[C@H](C)/C=C(\C)[C@@H](O)CC(=O)[C@H](C)C[C@H](C)/C=C/C=CC=C1C. The molecule has 5 aliphatic rings. The van der Waals surface area contributed by atoms with Crippen molar-refractivity contribution in [2.45, 2.75) is 225 Å². The first-order valence-corrected chi connectivity index (χ1v) is 45.1. The number of esters is 1. The predicted molar refractivity (Wildman–Crippen MR) is 467 cm³/mol. The van der Waals surface area contributed by atoms with Crippen LogP contribution in [0.3, 0.4) is 0 Å². The number of nitrogen functional groups attached to an aromatic ring is 2. The first kappa shape index (κ1) is 99.9. The number of anilines is 2. The van der Waals surface area contributed by atoms with Gasteiger partial charge in [0.15, 0.2) is 11.2 Å². The van der Waals surface area contributed by atoms with Crippen molar-refractivity contribution in [3.05, 3.63) is 84.0 Å². The topological polar surface area (TPSA) is 448 Å². The fourth-order valence-electron chi connectivity index (χ4n) is 17.0. The second kappa shape index (κ2) is 51.8. The highest BCUT2D eigenvalue weighted by molar-refractivity contribution is 6.39. The van der Waals surface area contributed by atoms with E-state index < -0.39 is 71.8 Å². The summed E-state index contributed by atoms with van der Waals surface area (Å²) in [7, 11) is 3.23. The molecule has 8 heterocycles. The van der Waals surface area contributed by atoms with Crippen LogP contribution in [0, 0.1) is 35.5 Å². The van der Waals surface area contributed by atoms with Crippen molar-refractivity contribution in [1.82, 2.24) is 49.5 Å². The summed E-state index contributed by atoms with van der Waals surface area (Å²) < 4.78 is 85.2. The number of Topliss-reactive ketones (excluding diaryl/α,β-unsaturated/α-hetero) is 3. The fourth-order valence-corrected chi connectivity index (χ4v) is 17.0. The predicted octanol–water partition coefficient (Wildman–Crippen LogP) is 8.07. The second-order valence-electron chi connectivity index (χ2n) is 34.1. The van der Waals surface area contributed by atoms with Crippen LogP contribution in [0.2, 0.25) is 0 Å². The van der Waals surface area contributed by atoms with Gasteiger partial charge in [0.25, 0.3) is 17.7 Å². The molecule has 2 bridgehead atoms. The van der Waals surface area contributed by atoms with Crippen LogP contribution in [-0.4, -0.2) is 296 Å². The van der Waals surface area contributed by atoms with Crippen LogP contribution in [0.15, 0.2) is 82.7 Å². The van der Waals surface area contributed by atoms with Crippen molar-refractivity contribution in [2.75, 3.05) is 158 Å². The van der Waals surface area contributed by atoms with E-state index in [0.29, 0.717) is 236 Å². The largest absolute Gasteiger partial charge is 0.459 e. The molecule has 0 radical (unpaired) electrons. The van der Waals surface area contributed by atoms with Gasteiger partial charge in [-0.1, -0.05) is 69.4 Å². The number of ketones is 3. The Labute approximate surface area is 739 Å². The summed E-state index contributed by atoms with van der Waals surface area (Å²) in [5.74, 6) is -7.17. The number of likely N-dealkylation sites (tertiary alicyclic amines) is 1. The lowest BCUT2D eigenvalue weighted by Crippen LogP contribution is -2.61. The van der Waals surface area contributed by atoms with Gasteiger partial charge in [-0.25, -0.2) is 24.1 Å². The zero-order valence-corrected chi connectivity index (χ0v) is 75.0. The van der Waals surface area contributed by atoms with E-state index in [2.05, 4.69) is 25.3 Å². The minimum atomic E-state index is -2.47. The minimum Gasteiger partial charge on any atom is -0.459 e. The van der Waals surface area contributed by atoms with E-state index in [4.69, 9.17) is 88.3 Å². The van der Waals surface area contributed by atoms with E-state index in [9.17, 15) is 39.0 Å². The molecule has 4 fully saturated rings. The number of rotatable bonds is 41. The number of fused-ring (bicyclic) bond motifs is 5. The lowest BCUT2D eigenvalue weighted by Gasteiger charge is -2.42. The Balaban J connectivity index is 0.538. The van der Waals surface area contributed by atoms with Crippen molar-refractivity contribution < 1.29 is 105 Å². The maximum atomic E-state index is 14.7. The van der Waals surface area contributed by atoms with Crippen LogP contribution in [-0.2, 0) is 110 Å². The average molecular weight is 1770 g/mol. The van der Waals surface area contributed by atoms with Crippen molar-refractivity contribution in [1.29, 1.82) is 0 Å². The first-order chi connectivity index (χ1) is 60.9. The van der Waals surface area contributed by atoms with Gasteiger partial charge in [-0.3, -0.25) is 24.0 Å². The number of aliphatic hydroxyl groups excluding tert-OH is 1. The molecule has 698 valence electrons. The number of carbonyl (C=O) groups is 6. The van der Waals surface area contributed by atoms with Gasteiger partial charge in [-0.2, -0.15) is 10.1 Å². The van der Waals surface area contributed by atoms with Crippen LogP contribution in [0.25, 0.3) is 33.4 Å². The van der Waals surface area contributed by atoms with Gasteiger partial charge in [0.2, 0.25) is 11.7 Å². The van der Waals surface area contributed by atoms with Crippen molar-refractivity contribution in [3.63, 3.8) is 0 Å². The molecule has 126 heavy (non-hydrogen) atoms. The van der Waals surface area contributed by atoms with E-state index in [-0.39, 0.29) is 91.6 Å². The quantitative estimate of drug-likeness (QED) is 0.0107. The van der Waals surface area contributed by atoms with Gasteiger partial charge in [0.05, 0.1) is 160 Å². The number of piperidine rings is 1. The van der Waals surface area contributed by atoms with E-state index in [0.717, 1.165) is 48.9 Å². The van der Waals surface area contributed by atoms with E-state index in [1.807, 2.05) is 79.1 Å². The van der Waals surface area contributed by atoms with Crippen molar-refractivity contribution in [2.24, 2.45) is 41.2 Å². The average Bonchev–Trinajstić information content (AvgIpc) is 1.61. The van der Waals surface area contributed by atoms with Crippen molar-refractivity contribution in [3.8, 4) is 11.3 Å². The summed E-state index contributed by atoms with van der Waals surface area (Å²) in [4.78, 5) is 101. The number of cyclic esters (lactones) is 1. The smallest absolute Gasteiger partial charge is 0.329 e.